The van der Waals surface area contributed by atoms with E-state index in [4.69, 9.17) is 9.52 Å². The maximum absolute atomic E-state index is 14.0. The highest BCUT2D eigenvalue weighted by Gasteiger charge is 2.26. The van der Waals surface area contributed by atoms with Crippen LogP contribution in [0.5, 0.6) is 0 Å². The third-order valence-electron chi connectivity index (χ3n) is 5.92. The highest BCUT2D eigenvalue weighted by Crippen LogP contribution is 2.30. The second-order valence-corrected chi connectivity index (χ2v) is 8.41. The standard InChI is InChI=1S/C24H32FN5O/c1-4-9-28(16-20-8-14-31-18-20)17-23-19(2)26-30(22-7-5-6-21(25)15-22)24(23)29-12-10-27(3)11-13-29/h5-8,14-15,18H,4,9-13,16-17H2,1-3H3. The number of nitrogens with zero attached hydrogens (tertiary/aromatic N) is 5. The Balaban J connectivity index is 1.71. The third kappa shape index (κ3) is 4.99. The Bertz CT molecular complexity index is 976. The Morgan fingerprint density at radius 1 is 1.13 bits per heavy atom. The first-order valence-electron chi connectivity index (χ1n) is 11.1. The summed E-state index contributed by atoms with van der Waals surface area (Å²) in [5.74, 6) is 0.841. The number of furan rings is 1. The topological polar surface area (TPSA) is 40.7 Å². The predicted octanol–water partition coefficient (Wildman–Crippen LogP) is 4.08. The number of anilines is 1. The van der Waals surface area contributed by atoms with Gasteiger partial charge in [0.05, 0.1) is 23.9 Å². The van der Waals surface area contributed by atoms with Crippen molar-refractivity contribution in [2.45, 2.75) is 33.4 Å². The fourth-order valence-electron chi connectivity index (χ4n) is 4.26. The van der Waals surface area contributed by atoms with E-state index in [-0.39, 0.29) is 5.82 Å². The molecule has 0 saturated carbocycles. The average molecular weight is 426 g/mol. The lowest BCUT2D eigenvalue weighted by molar-refractivity contribution is 0.255. The predicted molar refractivity (Wildman–Crippen MR) is 121 cm³/mol. The molecule has 0 unspecified atom stereocenters. The fraction of sp³-hybridized carbons (Fsp3) is 0.458. The number of rotatable bonds is 8. The summed E-state index contributed by atoms with van der Waals surface area (Å²) in [6.45, 7) is 10.7. The van der Waals surface area contributed by atoms with Gasteiger partial charge in [-0.05, 0) is 51.2 Å². The molecule has 1 fully saturated rings. The number of hydrogen-bond donors (Lipinski definition) is 0. The highest BCUT2D eigenvalue weighted by molar-refractivity contribution is 5.56. The van der Waals surface area contributed by atoms with Crippen LogP contribution in [0.25, 0.3) is 5.69 Å². The van der Waals surface area contributed by atoms with Gasteiger partial charge in [0.1, 0.15) is 11.6 Å². The van der Waals surface area contributed by atoms with Gasteiger partial charge in [0.25, 0.3) is 0 Å². The van der Waals surface area contributed by atoms with Gasteiger partial charge in [0.15, 0.2) is 0 Å². The summed E-state index contributed by atoms with van der Waals surface area (Å²) >= 11 is 0. The molecular weight excluding hydrogens is 393 g/mol. The lowest BCUT2D eigenvalue weighted by Crippen LogP contribution is -2.45. The Morgan fingerprint density at radius 3 is 2.61 bits per heavy atom. The van der Waals surface area contributed by atoms with Crippen molar-refractivity contribution in [3.63, 3.8) is 0 Å². The van der Waals surface area contributed by atoms with E-state index >= 15 is 0 Å². The molecule has 1 aromatic carbocycles. The van der Waals surface area contributed by atoms with Crippen LogP contribution in [0.2, 0.25) is 0 Å². The molecule has 6 nitrogen and oxygen atoms in total. The van der Waals surface area contributed by atoms with Crippen LogP contribution < -0.4 is 4.90 Å². The van der Waals surface area contributed by atoms with Crippen molar-refractivity contribution in [2.24, 2.45) is 0 Å². The summed E-state index contributed by atoms with van der Waals surface area (Å²) < 4.78 is 21.2. The smallest absolute Gasteiger partial charge is 0.137 e. The number of piperazine rings is 1. The van der Waals surface area contributed by atoms with Crippen LogP contribution in [-0.2, 0) is 13.1 Å². The van der Waals surface area contributed by atoms with E-state index in [1.807, 2.05) is 23.1 Å². The summed E-state index contributed by atoms with van der Waals surface area (Å²) in [7, 11) is 2.15. The van der Waals surface area contributed by atoms with E-state index in [2.05, 4.69) is 35.6 Å². The lowest BCUT2D eigenvalue weighted by Gasteiger charge is -2.35. The Labute approximate surface area is 183 Å². The molecule has 166 valence electrons. The molecule has 2 aromatic heterocycles. The second kappa shape index (κ2) is 9.66. The normalized spacial score (nSPS) is 15.2. The molecule has 31 heavy (non-hydrogen) atoms. The number of halogens is 1. The molecule has 0 N–H and O–H groups in total. The average Bonchev–Trinajstić information content (AvgIpc) is 3.37. The molecule has 0 bridgehead atoms. The zero-order valence-corrected chi connectivity index (χ0v) is 18.7. The molecule has 7 heteroatoms. The van der Waals surface area contributed by atoms with E-state index in [0.717, 1.165) is 69.4 Å². The molecular formula is C24H32FN5O. The van der Waals surface area contributed by atoms with Crippen molar-refractivity contribution in [1.82, 2.24) is 19.6 Å². The van der Waals surface area contributed by atoms with E-state index in [0.29, 0.717) is 0 Å². The van der Waals surface area contributed by atoms with Crippen LogP contribution in [-0.4, -0.2) is 59.4 Å². The van der Waals surface area contributed by atoms with Gasteiger partial charge >= 0.3 is 0 Å². The molecule has 0 aliphatic carbocycles. The quantitative estimate of drug-likeness (QED) is 0.544. The van der Waals surface area contributed by atoms with E-state index in [1.165, 1.54) is 17.2 Å². The molecule has 1 aliphatic rings. The maximum atomic E-state index is 14.0. The minimum Gasteiger partial charge on any atom is -0.472 e. The van der Waals surface area contributed by atoms with Crippen LogP contribution in [0.1, 0.15) is 30.2 Å². The number of aryl methyl sites for hydroxylation is 1. The first kappa shape index (κ1) is 21.6. The zero-order chi connectivity index (χ0) is 21.8. The number of hydrogen-bond acceptors (Lipinski definition) is 5. The number of benzene rings is 1. The summed E-state index contributed by atoms with van der Waals surface area (Å²) in [5.41, 5.74) is 4.14. The largest absolute Gasteiger partial charge is 0.472 e. The molecule has 0 atom stereocenters. The molecule has 3 aromatic rings. The van der Waals surface area contributed by atoms with Crippen LogP contribution in [0, 0.1) is 12.7 Å². The molecule has 1 saturated heterocycles. The van der Waals surface area contributed by atoms with E-state index < -0.39 is 0 Å². The van der Waals surface area contributed by atoms with Crippen molar-refractivity contribution in [1.29, 1.82) is 0 Å². The Kier molecular flexibility index (Phi) is 6.73. The van der Waals surface area contributed by atoms with Crippen LogP contribution in [0.3, 0.4) is 0 Å². The van der Waals surface area contributed by atoms with Gasteiger partial charge in [0, 0.05) is 50.4 Å². The number of likely N-dealkylation sites (N-methyl/N-ethyl adjacent to an activating group) is 1. The highest BCUT2D eigenvalue weighted by atomic mass is 19.1. The van der Waals surface area contributed by atoms with Crippen molar-refractivity contribution < 1.29 is 8.81 Å². The molecule has 1 aliphatic heterocycles. The summed E-state index contributed by atoms with van der Waals surface area (Å²) in [5, 5.41) is 4.88. The van der Waals surface area contributed by atoms with Gasteiger partial charge in [-0.25, -0.2) is 9.07 Å². The molecule has 0 radical (unpaired) electrons. The zero-order valence-electron chi connectivity index (χ0n) is 18.7. The minimum atomic E-state index is -0.246. The van der Waals surface area contributed by atoms with Crippen LogP contribution >= 0.6 is 0 Å². The lowest BCUT2D eigenvalue weighted by atomic mass is 10.1. The first-order chi connectivity index (χ1) is 15.0. The van der Waals surface area contributed by atoms with Gasteiger partial charge in [-0.1, -0.05) is 13.0 Å². The Hall–Kier alpha value is -2.64. The monoisotopic (exact) mass is 425 g/mol. The van der Waals surface area contributed by atoms with Gasteiger partial charge < -0.3 is 14.2 Å². The second-order valence-electron chi connectivity index (χ2n) is 8.41. The van der Waals surface area contributed by atoms with Crippen molar-refractivity contribution >= 4 is 5.82 Å². The molecule has 0 spiro atoms. The fourth-order valence-corrected chi connectivity index (χ4v) is 4.26. The summed E-state index contributed by atoms with van der Waals surface area (Å²) in [4.78, 5) is 7.18. The minimum absolute atomic E-state index is 0.246. The SMILES string of the molecule is CCCN(Cc1ccoc1)Cc1c(C)nn(-c2cccc(F)c2)c1N1CCN(C)CC1. The third-order valence-corrected chi connectivity index (χ3v) is 5.92. The first-order valence-corrected chi connectivity index (χ1v) is 11.1. The Morgan fingerprint density at radius 2 is 1.94 bits per heavy atom. The van der Waals surface area contributed by atoms with Crippen molar-refractivity contribution in [3.05, 3.63) is 65.5 Å². The number of aromatic nitrogens is 2. The maximum Gasteiger partial charge on any atom is 0.137 e. The molecule has 4 rings (SSSR count). The van der Waals surface area contributed by atoms with Gasteiger partial charge in [0.2, 0.25) is 0 Å². The van der Waals surface area contributed by atoms with Crippen LogP contribution in [0.4, 0.5) is 10.2 Å². The van der Waals surface area contributed by atoms with E-state index in [9.17, 15) is 4.39 Å². The van der Waals surface area contributed by atoms with Crippen molar-refractivity contribution in [3.8, 4) is 5.69 Å². The van der Waals surface area contributed by atoms with Crippen molar-refractivity contribution in [2.75, 3.05) is 44.7 Å². The van der Waals surface area contributed by atoms with Gasteiger partial charge in [-0.15, -0.1) is 0 Å². The van der Waals surface area contributed by atoms with E-state index in [1.54, 1.807) is 18.4 Å². The summed E-state index contributed by atoms with van der Waals surface area (Å²) in [6, 6.07) is 8.73. The van der Waals surface area contributed by atoms with Gasteiger partial charge in [-0.3, -0.25) is 4.90 Å². The summed E-state index contributed by atoms with van der Waals surface area (Å²) in [6.07, 6.45) is 4.61. The van der Waals surface area contributed by atoms with Crippen LogP contribution in [0.15, 0.2) is 47.3 Å². The molecule has 0 amide bonds. The van der Waals surface area contributed by atoms with Gasteiger partial charge in [-0.2, -0.15) is 5.10 Å². The molecule has 3 heterocycles.